The zero-order valence-electron chi connectivity index (χ0n) is 16.2. The van der Waals surface area contributed by atoms with E-state index in [1.807, 2.05) is 18.2 Å². The second kappa shape index (κ2) is 8.21. The van der Waals surface area contributed by atoms with Crippen molar-refractivity contribution in [2.75, 3.05) is 38.3 Å². The number of benzene rings is 2. The Bertz CT molecular complexity index is 902. The second-order valence-electron chi connectivity index (χ2n) is 7.27. The van der Waals surface area contributed by atoms with Crippen LogP contribution in [0.2, 0.25) is 0 Å². The molecule has 4 rings (SSSR count). The van der Waals surface area contributed by atoms with Gasteiger partial charge < -0.3 is 19.3 Å². The summed E-state index contributed by atoms with van der Waals surface area (Å²) in [5.41, 5.74) is 1.52. The molecule has 2 unspecified atom stereocenters. The van der Waals surface area contributed by atoms with Gasteiger partial charge in [-0.15, -0.1) is 0 Å². The molecule has 0 spiro atoms. The van der Waals surface area contributed by atoms with Gasteiger partial charge in [0.15, 0.2) is 0 Å². The van der Waals surface area contributed by atoms with Gasteiger partial charge in [-0.25, -0.2) is 4.39 Å². The van der Waals surface area contributed by atoms with Crippen LogP contribution in [-0.2, 0) is 14.3 Å². The Hall–Kier alpha value is -2.93. The van der Waals surface area contributed by atoms with E-state index >= 15 is 0 Å². The lowest BCUT2D eigenvalue weighted by atomic mass is 10.0. The first-order chi connectivity index (χ1) is 14.1. The van der Waals surface area contributed by atoms with Crippen LogP contribution in [0.1, 0.15) is 18.1 Å². The fourth-order valence-corrected chi connectivity index (χ4v) is 3.95. The normalized spacial score (nSPS) is 22.1. The first-order valence-electron chi connectivity index (χ1n) is 9.66. The van der Waals surface area contributed by atoms with E-state index in [9.17, 15) is 14.0 Å². The van der Waals surface area contributed by atoms with Crippen LogP contribution in [0, 0.1) is 11.7 Å². The standard InChI is InChI=1S/C22H23FN2O4/c1-28-19-5-3-2-4-18(19)25-13-16(12-21(25)26)22(27)24-10-11-29-20(14-24)15-6-8-17(23)9-7-15/h2-9,16,20H,10-14H2,1H3. The number of hydrogen-bond acceptors (Lipinski definition) is 4. The predicted octanol–water partition coefficient (Wildman–Crippen LogP) is 2.79. The molecule has 2 aromatic rings. The highest BCUT2D eigenvalue weighted by Crippen LogP contribution is 2.34. The van der Waals surface area contributed by atoms with E-state index in [4.69, 9.17) is 9.47 Å². The third-order valence-corrected chi connectivity index (χ3v) is 5.47. The summed E-state index contributed by atoms with van der Waals surface area (Å²) in [7, 11) is 1.56. The van der Waals surface area contributed by atoms with Crippen LogP contribution in [-0.4, -0.2) is 50.1 Å². The third-order valence-electron chi connectivity index (χ3n) is 5.47. The van der Waals surface area contributed by atoms with E-state index in [1.54, 1.807) is 35.1 Å². The van der Waals surface area contributed by atoms with Gasteiger partial charge in [0.25, 0.3) is 0 Å². The quantitative estimate of drug-likeness (QED) is 0.795. The highest BCUT2D eigenvalue weighted by atomic mass is 19.1. The summed E-state index contributed by atoms with van der Waals surface area (Å²) in [6.07, 6.45) is -0.120. The molecule has 0 radical (unpaired) electrons. The number of methoxy groups -OCH3 is 1. The molecule has 0 N–H and O–H groups in total. The lowest BCUT2D eigenvalue weighted by molar-refractivity contribution is -0.143. The Morgan fingerprint density at radius 3 is 2.66 bits per heavy atom. The molecule has 29 heavy (non-hydrogen) atoms. The fourth-order valence-electron chi connectivity index (χ4n) is 3.95. The molecule has 152 valence electrons. The Balaban J connectivity index is 1.45. The van der Waals surface area contributed by atoms with Crippen LogP contribution in [0.4, 0.5) is 10.1 Å². The Labute approximate surface area is 168 Å². The topological polar surface area (TPSA) is 59.1 Å². The summed E-state index contributed by atoms with van der Waals surface area (Å²) in [5.74, 6) is -0.239. The van der Waals surface area contributed by atoms with Crippen molar-refractivity contribution in [1.82, 2.24) is 4.90 Å². The minimum absolute atomic E-state index is 0.0499. The molecule has 0 aliphatic carbocycles. The molecule has 2 aliphatic heterocycles. The van der Waals surface area contributed by atoms with Gasteiger partial charge in [-0.1, -0.05) is 24.3 Å². The number of anilines is 1. The maximum absolute atomic E-state index is 13.2. The van der Waals surface area contributed by atoms with Gasteiger partial charge in [-0.05, 0) is 29.8 Å². The van der Waals surface area contributed by atoms with E-state index in [0.29, 0.717) is 37.7 Å². The molecule has 6 nitrogen and oxygen atoms in total. The minimum atomic E-state index is -0.403. The monoisotopic (exact) mass is 398 g/mol. The molecule has 2 amide bonds. The van der Waals surface area contributed by atoms with E-state index in [1.165, 1.54) is 12.1 Å². The van der Waals surface area contributed by atoms with Gasteiger partial charge in [0.2, 0.25) is 11.8 Å². The number of ether oxygens (including phenoxy) is 2. The van der Waals surface area contributed by atoms with Crippen molar-refractivity contribution in [2.45, 2.75) is 12.5 Å². The van der Waals surface area contributed by atoms with Crippen molar-refractivity contribution in [3.05, 3.63) is 59.9 Å². The Morgan fingerprint density at radius 2 is 1.90 bits per heavy atom. The number of nitrogens with zero attached hydrogens (tertiary/aromatic N) is 2. The maximum atomic E-state index is 13.2. The van der Waals surface area contributed by atoms with Crippen LogP contribution in [0.5, 0.6) is 5.75 Å². The molecule has 2 heterocycles. The van der Waals surface area contributed by atoms with Crippen molar-refractivity contribution in [1.29, 1.82) is 0 Å². The van der Waals surface area contributed by atoms with Crippen LogP contribution in [0.3, 0.4) is 0 Å². The van der Waals surface area contributed by atoms with Crippen LogP contribution in [0.15, 0.2) is 48.5 Å². The van der Waals surface area contributed by atoms with Crippen molar-refractivity contribution in [3.63, 3.8) is 0 Å². The van der Waals surface area contributed by atoms with Crippen molar-refractivity contribution >= 4 is 17.5 Å². The van der Waals surface area contributed by atoms with Gasteiger partial charge in [0.05, 0.1) is 31.9 Å². The lowest BCUT2D eigenvalue weighted by Gasteiger charge is -2.34. The number of hydrogen-bond donors (Lipinski definition) is 0. The summed E-state index contributed by atoms with van der Waals surface area (Å²) >= 11 is 0. The molecule has 2 saturated heterocycles. The zero-order chi connectivity index (χ0) is 20.4. The molecule has 2 atom stereocenters. The highest BCUT2D eigenvalue weighted by Gasteiger charge is 2.39. The summed E-state index contributed by atoms with van der Waals surface area (Å²) in [6, 6.07) is 13.4. The van der Waals surface area contributed by atoms with Crippen LogP contribution in [0.25, 0.3) is 0 Å². The van der Waals surface area contributed by atoms with E-state index in [0.717, 1.165) is 5.56 Å². The van der Waals surface area contributed by atoms with E-state index in [2.05, 4.69) is 0 Å². The average Bonchev–Trinajstić information content (AvgIpc) is 3.15. The summed E-state index contributed by atoms with van der Waals surface area (Å²) in [6.45, 7) is 1.61. The summed E-state index contributed by atoms with van der Waals surface area (Å²) in [5, 5.41) is 0. The van der Waals surface area contributed by atoms with E-state index < -0.39 is 5.92 Å². The smallest absolute Gasteiger partial charge is 0.228 e. The number of rotatable bonds is 4. The minimum Gasteiger partial charge on any atom is -0.495 e. The van der Waals surface area contributed by atoms with Crippen LogP contribution >= 0.6 is 0 Å². The predicted molar refractivity (Wildman–Crippen MR) is 105 cm³/mol. The van der Waals surface area contributed by atoms with Gasteiger partial charge in [0.1, 0.15) is 17.7 Å². The summed E-state index contributed by atoms with van der Waals surface area (Å²) < 4.78 is 24.3. The number of carbonyl (C=O) groups excluding carboxylic acids is 2. The zero-order valence-corrected chi connectivity index (χ0v) is 16.2. The molecular weight excluding hydrogens is 375 g/mol. The third kappa shape index (κ3) is 3.96. The summed E-state index contributed by atoms with van der Waals surface area (Å²) in [4.78, 5) is 29.1. The van der Waals surface area contributed by atoms with Gasteiger partial charge in [0, 0.05) is 19.5 Å². The largest absolute Gasteiger partial charge is 0.495 e. The molecule has 7 heteroatoms. The molecule has 2 fully saturated rings. The first kappa shape index (κ1) is 19.4. The number of carbonyl (C=O) groups is 2. The number of amides is 2. The van der Waals surface area contributed by atoms with Gasteiger partial charge in [-0.2, -0.15) is 0 Å². The molecule has 0 bridgehead atoms. The Morgan fingerprint density at radius 1 is 1.14 bits per heavy atom. The lowest BCUT2D eigenvalue weighted by Crippen LogP contribution is -2.45. The highest BCUT2D eigenvalue weighted by molar-refractivity contribution is 6.01. The molecule has 2 aliphatic rings. The number of halogens is 1. The number of para-hydroxylation sites is 2. The second-order valence-corrected chi connectivity index (χ2v) is 7.27. The molecule has 0 aromatic heterocycles. The van der Waals surface area contributed by atoms with Gasteiger partial charge in [-0.3, -0.25) is 9.59 Å². The van der Waals surface area contributed by atoms with Crippen molar-refractivity contribution in [2.24, 2.45) is 5.92 Å². The maximum Gasteiger partial charge on any atom is 0.228 e. The molecule has 0 saturated carbocycles. The number of morpholine rings is 1. The Kier molecular flexibility index (Phi) is 5.49. The van der Waals surface area contributed by atoms with E-state index in [-0.39, 0.29) is 30.2 Å². The SMILES string of the molecule is COc1ccccc1N1CC(C(=O)N2CCOC(c3ccc(F)cc3)C2)CC1=O. The fraction of sp³-hybridized carbons (Fsp3) is 0.364. The first-order valence-corrected chi connectivity index (χ1v) is 9.66. The average molecular weight is 398 g/mol. The van der Waals surface area contributed by atoms with Crippen molar-refractivity contribution in [3.8, 4) is 5.75 Å². The molecule has 2 aromatic carbocycles. The van der Waals surface area contributed by atoms with Crippen molar-refractivity contribution < 1.29 is 23.5 Å². The molecular formula is C22H23FN2O4. The van der Waals surface area contributed by atoms with Gasteiger partial charge >= 0.3 is 0 Å². The van der Waals surface area contributed by atoms with Crippen LogP contribution < -0.4 is 9.64 Å².